The van der Waals surface area contributed by atoms with Gasteiger partial charge in [0.15, 0.2) is 0 Å². The molecule has 0 saturated heterocycles. The summed E-state index contributed by atoms with van der Waals surface area (Å²) in [4.78, 5) is 9.66. The molecule has 0 radical (unpaired) electrons. The Morgan fingerprint density at radius 3 is 1.91 bits per heavy atom. The molecule has 46 heavy (non-hydrogen) atoms. The van der Waals surface area contributed by atoms with E-state index < -0.39 is 5.41 Å². The molecule has 2 aromatic heterocycles. The zero-order valence-electron chi connectivity index (χ0n) is 24.7. The molecule has 9 rings (SSSR count). The van der Waals surface area contributed by atoms with Crippen LogP contribution in [0.3, 0.4) is 0 Å². The number of fused-ring (bicyclic) bond motifs is 5. The van der Waals surface area contributed by atoms with E-state index in [0.717, 1.165) is 55.2 Å². The summed E-state index contributed by atoms with van der Waals surface area (Å²) in [7, 11) is 0. The first-order chi connectivity index (χ1) is 22.3. The Balaban J connectivity index is 0.00000312. The first-order valence-electron chi connectivity index (χ1n) is 15.2. The average molecular weight is 766 g/mol. The van der Waals surface area contributed by atoms with Crippen LogP contribution in [0.25, 0.3) is 55.2 Å². The molecular formula is C43H26N2Pt. The van der Waals surface area contributed by atoms with Crippen molar-refractivity contribution < 1.29 is 21.1 Å². The minimum absolute atomic E-state index is 0. The molecule has 1 aliphatic carbocycles. The Morgan fingerprint density at radius 1 is 0.478 bits per heavy atom. The summed E-state index contributed by atoms with van der Waals surface area (Å²) < 4.78 is 0. The molecular weight excluding hydrogens is 740 g/mol. The molecule has 3 heteroatoms. The van der Waals surface area contributed by atoms with E-state index in [1.807, 2.05) is 24.5 Å². The van der Waals surface area contributed by atoms with Crippen LogP contribution in [-0.4, -0.2) is 9.97 Å². The Hall–Kier alpha value is -5.17. The summed E-state index contributed by atoms with van der Waals surface area (Å²) in [5.74, 6) is 0. The van der Waals surface area contributed by atoms with E-state index in [9.17, 15) is 0 Å². The van der Waals surface area contributed by atoms with E-state index in [0.29, 0.717) is 0 Å². The van der Waals surface area contributed by atoms with E-state index in [2.05, 4.69) is 146 Å². The van der Waals surface area contributed by atoms with Gasteiger partial charge in [-0.15, -0.1) is 64.0 Å². The zero-order chi connectivity index (χ0) is 29.8. The van der Waals surface area contributed by atoms with Crippen molar-refractivity contribution in [1.29, 1.82) is 0 Å². The molecule has 6 aromatic carbocycles. The molecule has 0 N–H and O–H groups in total. The van der Waals surface area contributed by atoms with Crippen molar-refractivity contribution in [3.8, 4) is 33.6 Å². The first kappa shape index (κ1) is 28.3. The third kappa shape index (κ3) is 4.29. The van der Waals surface area contributed by atoms with Gasteiger partial charge >= 0.3 is 21.1 Å². The predicted octanol–water partition coefficient (Wildman–Crippen LogP) is 10.1. The van der Waals surface area contributed by atoms with Crippen LogP contribution in [0.1, 0.15) is 22.3 Å². The van der Waals surface area contributed by atoms with Crippen LogP contribution in [0.2, 0.25) is 0 Å². The van der Waals surface area contributed by atoms with Gasteiger partial charge in [0.25, 0.3) is 0 Å². The molecule has 0 amide bonds. The molecule has 1 aliphatic rings. The van der Waals surface area contributed by atoms with Crippen LogP contribution >= 0.6 is 0 Å². The predicted molar refractivity (Wildman–Crippen MR) is 183 cm³/mol. The third-order valence-corrected chi connectivity index (χ3v) is 9.17. The minimum atomic E-state index is -0.659. The maximum absolute atomic E-state index is 4.88. The molecule has 0 bridgehead atoms. The molecule has 218 valence electrons. The van der Waals surface area contributed by atoms with Crippen molar-refractivity contribution >= 4 is 21.5 Å². The Labute approximate surface area is 282 Å². The molecule has 0 unspecified atom stereocenters. The van der Waals surface area contributed by atoms with Gasteiger partial charge in [0, 0.05) is 17.8 Å². The van der Waals surface area contributed by atoms with Crippen molar-refractivity contribution in [2.45, 2.75) is 5.41 Å². The average Bonchev–Trinajstić information content (AvgIpc) is 3.42. The quantitative estimate of drug-likeness (QED) is 0.167. The maximum atomic E-state index is 4.88. The third-order valence-electron chi connectivity index (χ3n) is 9.17. The van der Waals surface area contributed by atoms with Crippen LogP contribution in [0, 0.1) is 12.1 Å². The fraction of sp³-hybridized carbons (Fsp3) is 0.0233. The van der Waals surface area contributed by atoms with Crippen LogP contribution < -0.4 is 0 Å². The molecule has 2 nitrogen and oxygen atoms in total. The van der Waals surface area contributed by atoms with Crippen molar-refractivity contribution in [1.82, 2.24) is 9.97 Å². The summed E-state index contributed by atoms with van der Waals surface area (Å²) in [5, 5.41) is 4.57. The standard InChI is InChI=1S/C43H26N2.Pt/c1-2-14-32-28-45-42(26-29(32)12-1)31-15-11-16-33(25-31)43(39-20-7-5-18-36(39)37-19-6-8-21-40(37)43)34-24-30-13-3-4-17-35(30)38(27-34)41-22-9-10-23-44-41;/h1-24,26,28H;/q-2;+2. The Morgan fingerprint density at radius 2 is 1.15 bits per heavy atom. The SMILES string of the molecule is [Pt+2].[c-]1c(-c2cc3ccccc3cn2)cccc1C1(c2[c-]c(-c3ccccn3)c3ccccc3c2)c2ccccc2-c2ccccc21. The number of benzene rings is 6. The zero-order valence-corrected chi connectivity index (χ0v) is 27.0. The number of hydrogen-bond acceptors (Lipinski definition) is 2. The van der Waals surface area contributed by atoms with Crippen molar-refractivity contribution in [3.63, 3.8) is 0 Å². The topological polar surface area (TPSA) is 25.8 Å². The second-order valence-electron chi connectivity index (χ2n) is 11.6. The van der Waals surface area contributed by atoms with Gasteiger partial charge < -0.3 is 9.97 Å². The Bertz CT molecular complexity index is 2350. The van der Waals surface area contributed by atoms with Gasteiger partial charge in [0.1, 0.15) is 0 Å². The van der Waals surface area contributed by atoms with Crippen LogP contribution in [0.4, 0.5) is 0 Å². The smallest absolute Gasteiger partial charge is 0.305 e. The van der Waals surface area contributed by atoms with Crippen molar-refractivity contribution in [3.05, 3.63) is 192 Å². The number of nitrogens with zero attached hydrogens (tertiary/aromatic N) is 2. The number of rotatable bonds is 4. The normalized spacial score (nSPS) is 12.8. The van der Waals surface area contributed by atoms with E-state index in [4.69, 9.17) is 9.97 Å². The van der Waals surface area contributed by atoms with Gasteiger partial charge in [-0.3, -0.25) is 0 Å². The molecule has 0 spiro atoms. The molecule has 0 fully saturated rings. The first-order valence-corrected chi connectivity index (χ1v) is 15.2. The van der Waals surface area contributed by atoms with E-state index in [-0.39, 0.29) is 21.1 Å². The molecule has 2 heterocycles. The van der Waals surface area contributed by atoms with Gasteiger partial charge in [-0.25, -0.2) is 0 Å². The van der Waals surface area contributed by atoms with E-state index >= 15 is 0 Å². The van der Waals surface area contributed by atoms with E-state index in [1.165, 1.54) is 22.3 Å². The maximum Gasteiger partial charge on any atom is 2.00 e. The second-order valence-corrected chi connectivity index (χ2v) is 11.6. The summed E-state index contributed by atoms with van der Waals surface area (Å²) in [6, 6.07) is 59.4. The van der Waals surface area contributed by atoms with Gasteiger partial charge in [-0.2, -0.15) is 0 Å². The summed E-state index contributed by atoms with van der Waals surface area (Å²) in [5.41, 5.74) is 10.2. The van der Waals surface area contributed by atoms with Crippen LogP contribution in [0.5, 0.6) is 0 Å². The fourth-order valence-corrected chi connectivity index (χ4v) is 7.19. The van der Waals surface area contributed by atoms with Crippen molar-refractivity contribution in [2.24, 2.45) is 0 Å². The summed E-state index contributed by atoms with van der Waals surface area (Å²) >= 11 is 0. The Kier molecular flexibility index (Phi) is 6.97. The number of hydrogen-bond donors (Lipinski definition) is 0. The summed E-state index contributed by atoms with van der Waals surface area (Å²) in [6.45, 7) is 0. The summed E-state index contributed by atoms with van der Waals surface area (Å²) in [6.07, 6.45) is 3.81. The molecule has 0 aliphatic heterocycles. The van der Waals surface area contributed by atoms with E-state index in [1.54, 1.807) is 0 Å². The van der Waals surface area contributed by atoms with Gasteiger partial charge in [-0.05, 0) is 50.5 Å². The fourth-order valence-electron chi connectivity index (χ4n) is 7.19. The largest absolute Gasteiger partial charge is 2.00 e. The van der Waals surface area contributed by atoms with Gasteiger partial charge in [0.2, 0.25) is 0 Å². The van der Waals surface area contributed by atoms with Crippen molar-refractivity contribution in [2.75, 3.05) is 0 Å². The number of aromatic nitrogens is 2. The number of pyridine rings is 2. The van der Waals surface area contributed by atoms with Gasteiger partial charge in [0.05, 0.1) is 0 Å². The molecule has 8 aromatic rings. The monoisotopic (exact) mass is 765 g/mol. The van der Waals surface area contributed by atoms with Crippen LogP contribution in [-0.2, 0) is 26.5 Å². The van der Waals surface area contributed by atoms with Gasteiger partial charge in [-0.1, -0.05) is 121 Å². The second kappa shape index (κ2) is 11.3. The molecule has 0 saturated carbocycles. The molecule has 0 atom stereocenters. The van der Waals surface area contributed by atoms with Crippen LogP contribution in [0.15, 0.2) is 158 Å². The minimum Gasteiger partial charge on any atom is -0.305 e.